The Bertz CT molecular complexity index is 757. The molecule has 0 aliphatic heterocycles. The summed E-state index contributed by atoms with van der Waals surface area (Å²) in [7, 11) is 0. The van der Waals surface area contributed by atoms with Crippen LogP contribution in [0.5, 0.6) is 0 Å². The maximum atomic E-state index is 6.15. The first-order valence-corrected chi connectivity index (χ1v) is 8.28. The maximum absolute atomic E-state index is 6.15. The van der Waals surface area contributed by atoms with E-state index in [-0.39, 0.29) is 6.04 Å². The van der Waals surface area contributed by atoms with E-state index in [1.54, 1.807) is 0 Å². The molecule has 116 valence electrons. The molecule has 3 rings (SSSR count). The maximum Gasteiger partial charge on any atom is 0.0595 e. The Morgan fingerprint density at radius 1 is 0.739 bits per heavy atom. The van der Waals surface area contributed by atoms with Gasteiger partial charge in [-0.3, -0.25) is 0 Å². The second-order valence-electron chi connectivity index (χ2n) is 5.43. The van der Waals surface area contributed by atoms with Gasteiger partial charge in [-0.05, 0) is 41.8 Å². The molecule has 23 heavy (non-hydrogen) atoms. The van der Waals surface area contributed by atoms with E-state index < -0.39 is 0 Å². The van der Waals surface area contributed by atoms with Crippen LogP contribution in [0.15, 0.2) is 78.9 Å². The van der Waals surface area contributed by atoms with Gasteiger partial charge < -0.3 is 5.32 Å². The van der Waals surface area contributed by atoms with E-state index in [0.717, 1.165) is 17.7 Å². The highest BCUT2D eigenvalue weighted by atomic mass is 35.5. The zero-order chi connectivity index (χ0) is 16.1. The third kappa shape index (κ3) is 4.28. The van der Waals surface area contributed by atoms with Crippen LogP contribution in [-0.4, -0.2) is 0 Å². The average Bonchev–Trinajstić information content (AvgIpc) is 2.59. The van der Waals surface area contributed by atoms with Gasteiger partial charge in [-0.1, -0.05) is 77.8 Å². The molecule has 1 N–H and O–H groups in total. The quantitative estimate of drug-likeness (QED) is 0.566. The fourth-order valence-corrected chi connectivity index (χ4v) is 2.90. The molecule has 0 bridgehead atoms. The van der Waals surface area contributed by atoms with Crippen LogP contribution >= 0.6 is 23.2 Å². The Hall–Kier alpha value is -1.96. The van der Waals surface area contributed by atoms with Crippen molar-refractivity contribution in [3.05, 3.63) is 100 Å². The van der Waals surface area contributed by atoms with Gasteiger partial charge in [0, 0.05) is 5.69 Å². The Kier molecular flexibility index (Phi) is 5.22. The van der Waals surface area contributed by atoms with Gasteiger partial charge in [-0.25, -0.2) is 0 Å². The molecule has 0 saturated heterocycles. The minimum Gasteiger partial charge on any atom is -0.378 e. The van der Waals surface area contributed by atoms with E-state index in [2.05, 4.69) is 41.7 Å². The number of halogens is 2. The lowest BCUT2D eigenvalue weighted by Gasteiger charge is -2.21. The van der Waals surface area contributed by atoms with Gasteiger partial charge in [0.05, 0.1) is 16.1 Å². The fraction of sp³-hybridized carbons (Fsp3) is 0.100. The molecule has 0 unspecified atom stereocenters. The lowest BCUT2D eigenvalue weighted by atomic mass is 9.98. The monoisotopic (exact) mass is 341 g/mol. The van der Waals surface area contributed by atoms with Crippen molar-refractivity contribution in [1.29, 1.82) is 0 Å². The van der Waals surface area contributed by atoms with Crippen LogP contribution in [-0.2, 0) is 6.42 Å². The number of rotatable bonds is 5. The smallest absolute Gasteiger partial charge is 0.0595 e. The summed E-state index contributed by atoms with van der Waals surface area (Å²) in [5.41, 5.74) is 3.49. The van der Waals surface area contributed by atoms with Crippen molar-refractivity contribution in [3.63, 3.8) is 0 Å². The van der Waals surface area contributed by atoms with Crippen LogP contribution in [0.1, 0.15) is 17.2 Å². The first-order chi connectivity index (χ1) is 11.2. The third-order valence-corrected chi connectivity index (χ3v) is 4.48. The van der Waals surface area contributed by atoms with Gasteiger partial charge in [0.25, 0.3) is 0 Å². The number of hydrogen-bond acceptors (Lipinski definition) is 1. The molecule has 1 atom stereocenters. The molecule has 0 aliphatic rings. The second-order valence-corrected chi connectivity index (χ2v) is 6.24. The van der Waals surface area contributed by atoms with E-state index in [4.69, 9.17) is 23.2 Å². The highest BCUT2D eigenvalue weighted by Crippen LogP contribution is 2.27. The molecule has 0 saturated carbocycles. The van der Waals surface area contributed by atoms with Crippen molar-refractivity contribution in [1.82, 2.24) is 0 Å². The zero-order valence-electron chi connectivity index (χ0n) is 12.5. The SMILES string of the molecule is Clc1ccc(C[C@@H](Nc2ccccc2)c2ccccc2)cc1Cl. The van der Waals surface area contributed by atoms with Gasteiger partial charge in [0.1, 0.15) is 0 Å². The first-order valence-electron chi connectivity index (χ1n) is 7.53. The largest absolute Gasteiger partial charge is 0.378 e. The van der Waals surface area contributed by atoms with Crippen molar-refractivity contribution >= 4 is 28.9 Å². The van der Waals surface area contributed by atoms with E-state index in [0.29, 0.717) is 10.0 Å². The second kappa shape index (κ2) is 7.54. The Morgan fingerprint density at radius 3 is 2.04 bits per heavy atom. The van der Waals surface area contributed by atoms with Crippen LogP contribution in [0, 0.1) is 0 Å². The van der Waals surface area contributed by atoms with E-state index in [1.165, 1.54) is 5.56 Å². The molecule has 0 radical (unpaired) electrons. The van der Waals surface area contributed by atoms with Crippen molar-refractivity contribution in [3.8, 4) is 0 Å². The molecule has 0 spiro atoms. The van der Waals surface area contributed by atoms with Crippen LogP contribution < -0.4 is 5.32 Å². The van der Waals surface area contributed by atoms with E-state index in [9.17, 15) is 0 Å². The van der Waals surface area contributed by atoms with Crippen LogP contribution in [0.4, 0.5) is 5.69 Å². The predicted octanol–water partition coefficient (Wildman–Crippen LogP) is 6.39. The molecule has 3 aromatic carbocycles. The molecule has 0 fully saturated rings. The number of benzene rings is 3. The predicted molar refractivity (Wildman–Crippen MR) is 99.4 cm³/mol. The molecule has 0 aromatic heterocycles. The van der Waals surface area contributed by atoms with Crippen molar-refractivity contribution in [2.45, 2.75) is 12.5 Å². The van der Waals surface area contributed by atoms with Gasteiger partial charge in [-0.2, -0.15) is 0 Å². The first kappa shape index (κ1) is 15.9. The number of para-hydroxylation sites is 1. The minimum absolute atomic E-state index is 0.163. The van der Waals surface area contributed by atoms with Gasteiger partial charge in [-0.15, -0.1) is 0 Å². The highest BCUT2D eigenvalue weighted by molar-refractivity contribution is 6.42. The van der Waals surface area contributed by atoms with Crippen molar-refractivity contribution in [2.75, 3.05) is 5.32 Å². The summed E-state index contributed by atoms with van der Waals surface area (Å²) in [6, 6.07) is 26.6. The summed E-state index contributed by atoms with van der Waals surface area (Å²) in [6.45, 7) is 0. The normalized spacial score (nSPS) is 11.9. The molecular weight excluding hydrogens is 325 g/mol. The minimum atomic E-state index is 0.163. The topological polar surface area (TPSA) is 12.0 Å². The van der Waals surface area contributed by atoms with Crippen LogP contribution in [0.2, 0.25) is 10.0 Å². The third-order valence-electron chi connectivity index (χ3n) is 3.74. The summed E-state index contributed by atoms with van der Waals surface area (Å²) in [5, 5.41) is 4.78. The number of anilines is 1. The van der Waals surface area contributed by atoms with Gasteiger partial charge in [0.15, 0.2) is 0 Å². The van der Waals surface area contributed by atoms with Gasteiger partial charge >= 0.3 is 0 Å². The Labute approximate surface area is 146 Å². The zero-order valence-corrected chi connectivity index (χ0v) is 14.1. The molecule has 0 amide bonds. The molecule has 1 nitrogen and oxygen atoms in total. The lowest BCUT2D eigenvalue weighted by molar-refractivity contribution is 0.775. The van der Waals surface area contributed by atoms with Crippen LogP contribution in [0.25, 0.3) is 0 Å². The summed E-state index contributed by atoms with van der Waals surface area (Å²) in [4.78, 5) is 0. The summed E-state index contributed by atoms with van der Waals surface area (Å²) < 4.78 is 0. The molecule has 0 aliphatic carbocycles. The molecule has 3 heteroatoms. The summed E-state index contributed by atoms with van der Waals surface area (Å²) >= 11 is 12.2. The Balaban J connectivity index is 1.87. The molecular formula is C20H17Cl2N. The average molecular weight is 342 g/mol. The van der Waals surface area contributed by atoms with Crippen LogP contribution in [0.3, 0.4) is 0 Å². The Morgan fingerprint density at radius 2 is 1.39 bits per heavy atom. The van der Waals surface area contributed by atoms with Crippen molar-refractivity contribution < 1.29 is 0 Å². The van der Waals surface area contributed by atoms with Crippen molar-refractivity contribution in [2.24, 2.45) is 0 Å². The highest BCUT2D eigenvalue weighted by Gasteiger charge is 2.13. The summed E-state index contributed by atoms with van der Waals surface area (Å²) in [6.07, 6.45) is 0.829. The van der Waals surface area contributed by atoms with Gasteiger partial charge in [0.2, 0.25) is 0 Å². The molecule has 0 heterocycles. The summed E-state index contributed by atoms with van der Waals surface area (Å²) in [5.74, 6) is 0. The number of nitrogens with one attached hydrogen (secondary N) is 1. The lowest BCUT2D eigenvalue weighted by Crippen LogP contribution is -2.13. The van der Waals surface area contributed by atoms with E-state index >= 15 is 0 Å². The fourth-order valence-electron chi connectivity index (χ4n) is 2.58. The van der Waals surface area contributed by atoms with E-state index in [1.807, 2.05) is 42.5 Å². The molecule has 3 aromatic rings. The number of hydrogen-bond donors (Lipinski definition) is 1. The standard InChI is InChI=1S/C20H17Cl2N/c21-18-12-11-15(13-19(18)22)14-20(16-7-3-1-4-8-16)23-17-9-5-2-6-10-17/h1-13,20,23H,14H2/t20-/m1/s1.